The molecule has 0 aliphatic carbocycles. The molecule has 0 fully saturated rings. The lowest BCUT2D eigenvalue weighted by Crippen LogP contribution is -2.43. The van der Waals surface area contributed by atoms with Gasteiger partial charge in [-0.3, -0.25) is 0 Å². The van der Waals surface area contributed by atoms with Crippen molar-refractivity contribution < 1.29 is 27.8 Å². The van der Waals surface area contributed by atoms with Gasteiger partial charge in [-0.15, -0.1) is 0 Å². The second kappa shape index (κ2) is 7.43. The first-order valence-corrected chi connectivity index (χ1v) is 8.81. The Bertz CT molecular complexity index is 851. The smallest absolute Gasteiger partial charge is 0.327 e. The summed E-state index contributed by atoms with van der Waals surface area (Å²) in [5, 5.41) is 9.44. The fraction of sp³-hybridized carbons (Fsp3) is 0.235. The Hall–Kier alpha value is -2.74. The molecule has 0 aliphatic rings. The minimum absolute atomic E-state index is 0.0204. The van der Waals surface area contributed by atoms with Crippen molar-refractivity contribution in [3.63, 3.8) is 0 Å². The predicted octanol–water partition coefficient (Wildman–Crippen LogP) is 2.37. The molecule has 7 nitrogen and oxygen atoms in total. The molecular weight excluding hydrogens is 346 g/mol. The lowest BCUT2D eigenvalue weighted by molar-refractivity contribution is -0.137. The van der Waals surface area contributed by atoms with E-state index in [2.05, 4.69) is 0 Å². The van der Waals surface area contributed by atoms with Gasteiger partial charge in [-0.1, -0.05) is 18.2 Å². The van der Waals surface area contributed by atoms with E-state index in [1.807, 2.05) is 0 Å². The number of carbonyl (C=O) groups is 1. The van der Waals surface area contributed by atoms with Gasteiger partial charge in [0.15, 0.2) is 0 Å². The molecule has 1 atom stereocenters. The van der Waals surface area contributed by atoms with Gasteiger partial charge >= 0.3 is 5.97 Å². The molecule has 0 aromatic heterocycles. The number of benzene rings is 2. The van der Waals surface area contributed by atoms with Crippen LogP contribution in [0.3, 0.4) is 0 Å². The molecule has 0 amide bonds. The van der Waals surface area contributed by atoms with Crippen LogP contribution in [0.25, 0.3) is 0 Å². The van der Waals surface area contributed by atoms with E-state index in [0.717, 1.165) is 4.31 Å². The van der Waals surface area contributed by atoms with E-state index in [0.29, 0.717) is 5.75 Å². The molecule has 0 bridgehead atoms. The molecule has 0 aliphatic heterocycles. The maximum absolute atomic E-state index is 13.1. The highest BCUT2D eigenvalue weighted by Crippen LogP contribution is 2.37. The number of rotatable bonds is 7. The Kier molecular flexibility index (Phi) is 5.53. The molecular formula is C17H19NO6S. The van der Waals surface area contributed by atoms with Crippen molar-refractivity contribution in [1.82, 2.24) is 0 Å². The van der Waals surface area contributed by atoms with Gasteiger partial charge in [0.2, 0.25) is 0 Å². The van der Waals surface area contributed by atoms with Crippen LogP contribution < -0.4 is 13.8 Å². The minimum Gasteiger partial charge on any atom is -0.497 e. The number of carboxylic acid groups (broad SMARTS) is 1. The highest BCUT2D eigenvalue weighted by molar-refractivity contribution is 7.93. The molecule has 0 saturated carbocycles. The summed E-state index contributed by atoms with van der Waals surface area (Å²) in [6.07, 6.45) is 0. The quantitative estimate of drug-likeness (QED) is 0.810. The zero-order chi connectivity index (χ0) is 18.6. The molecule has 134 valence electrons. The van der Waals surface area contributed by atoms with Gasteiger partial charge in [0, 0.05) is 6.07 Å². The summed E-state index contributed by atoms with van der Waals surface area (Å²) < 4.78 is 37.4. The molecule has 25 heavy (non-hydrogen) atoms. The lowest BCUT2D eigenvalue weighted by atomic mass is 10.2. The van der Waals surface area contributed by atoms with Crippen LogP contribution >= 0.6 is 0 Å². The zero-order valence-corrected chi connectivity index (χ0v) is 14.9. The molecule has 0 heterocycles. The van der Waals surface area contributed by atoms with Crippen molar-refractivity contribution in [3.05, 3.63) is 48.5 Å². The van der Waals surface area contributed by atoms with Crippen molar-refractivity contribution in [3.8, 4) is 11.5 Å². The molecule has 2 rings (SSSR count). The monoisotopic (exact) mass is 365 g/mol. The van der Waals surface area contributed by atoms with Crippen molar-refractivity contribution >= 4 is 21.7 Å². The van der Waals surface area contributed by atoms with Crippen LogP contribution in [0.4, 0.5) is 5.69 Å². The van der Waals surface area contributed by atoms with E-state index in [4.69, 9.17) is 9.47 Å². The first kappa shape index (κ1) is 18.6. The molecule has 0 radical (unpaired) electrons. The van der Waals surface area contributed by atoms with Gasteiger partial charge in [0.05, 0.1) is 24.8 Å². The normalized spacial score (nSPS) is 12.3. The fourth-order valence-corrected chi connectivity index (χ4v) is 3.96. The Morgan fingerprint density at radius 2 is 1.72 bits per heavy atom. The SMILES string of the molecule is COc1ccc(OC)c(N(C(C)C(=O)O)S(=O)(=O)c2ccccc2)c1. The van der Waals surface area contributed by atoms with Crippen LogP contribution in [0.15, 0.2) is 53.4 Å². The Labute approximate surface area is 146 Å². The second-order valence-electron chi connectivity index (χ2n) is 5.17. The highest BCUT2D eigenvalue weighted by Gasteiger charge is 2.35. The van der Waals surface area contributed by atoms with Crippen LogP contribution in [0.5, 0.6) is 11.5 Å². The summed E-state index contributed by atoms with van der Waals surface area (Å²) in [5.74, 6) is -0.695. The third-order valence-corrected chi connectivity index (χ3v) is 5.53. The van der Waals surface area contributed by atoms with Crippen LogP contribution in [0, 0.1) is 0 Å². The van der Waals surface area contributed by atoms with Crippen molar-refractivity contribution in [2.45, 2.75) is 17.9 Å². The van der Waals surface area contributed by atoms with E-state index in [1.165, 1.54) is 45.4 Å². The van der Waals surface area contributed by atoms with E-state index in [9.17, 15) is 18.3 Å². The average molecular weight is 365 g/mol. The summed E-state index contributed by atoms with van der Waals surface area (Å²) in [5.41, 5.74) is 0.0839. The Morgan fingerprint density at radius 3 is 2.24 bits per heavy atom. The number of nitrogens with zero attached hydrogens (tertiary/aromatic N) is 1. The summed E-state index contributed by atoms with van der Waals surface area (Å²) in [7, 11) is -1.33. The largest absolute Gasteiger partial charge is 0.497 e. The van der Waals surface area contributed by atoms with E-state index < -0.39 is 22.0 Å². The zero-order valence-electron chi connectivity index (χ0n) is 14.0. The van der Waals surface area contributed by atoms with Crippen molar-refractivity contribution in [2.75, 3.05) is 18.5 Å². The van der Waals surface area contributed by atoms with Crippen LogP contribution in [0.2, 0.25) is 0 Å². The lowest BCUT2D eigenvalue weighted by Gasteiger charge is -2.29. The molecule has 2 aromatic rings. The average Bonchev–Trinajstić information content (AvgIpc) is 2.62. The van der Waals surface area contributed by atoms with Gasteiger partial charge in [0.25, 0.3) is 10.0 Å². The Balaban J connectivity index is 2.73. The number of anilines is 1. The summed E-state index contributed by atoms with van der Waals surface area (Å²) in [4.78, 5) is 11.5. The molecule has 0 spiro atoms. The first-order chi connectivity index (χ1) is 11.8. The van der Waals surface area contributed by atoms with E-state index in [1.54, 1.807) is 24.3 Å². The van der Waals surface area contributed by atoms with Crippen LogP contribution in [-0.4, -0.2) is 39.8 Å². The van der Waals surface area contributed by atoms with E-state index in [-0.39, 0.29) is 16.3 Å². The summed E-state index contributed by atoms with van der Waals surface area (Å²) in [6.45, 7) is 1.29. The van der Waals surface area contributed by atoms with Gasteiger partial charge < -0.3 is 14.6 Å². The number of hydrogen-bond donors (Lipinski definition) is 1. The van der Waals surface area contributed by atoms with E-state index >= 15 is 0 Å². The molecule has 0 saturated heterocycles. The predicted molar refractivity (Wildman–Crippen MR) is 92.8 cm³/mol. The van der Waals surface area contributed by atoms with Gasteiger partial charge in [-0.25, -0.2) is 17.5 Å². The second-order valence-corrected chi connectivity index (χ2v) is 6.98. The van der Waals surface area contributed by atoms with Crippen molar-refractivity contribution in [2.24, 2.45) is 0 Å². The number of aliphatic carboxylic acids is 1. The highest BCUT2D eigenvalue weighted by atomic mass is 32.2. The fourth-order valence-electron chi connectivity index (χ4n) is 2.32. The third-order valence-electron chi connectivity index (χ3n) is 3.63. The first-order valence-electron chi connectivity index (χ1n) is 7.37. The Morgan fingerprint density at radius 1 is 1.08 bits per heavy atom. The minimum atomic E-state index is -4.14. The molecule has 1 unspecified atom stereocenters. The van der Waals surface area contributed by atoms with Gasteiger partial charge in [0.1, 0.15) is 17.5 Å². The number of methoxy groups -OCH3 is 2. The van der Waals surface area contributed by atoms with Gasteiger partial charge in [-0.05, 0) is 31.2 Å². The number of sulfonamides is 1. The molecule has 1 N–H and O–H groups in total. The number of hydrogen-bond acceptors (Lipinski definition) is 5. The van der Waals surface area contributed by atoms with Crippen LogP contribution in [-0.2, 0) is 14.8 Å². The standard InChI is InChI=1S/C17H19NO6S/c1-12(17(19)20)18(25(21,22)14-7-5-4-6-8-14)15-11-13(23-2)9-10-16(15)24-3/h4-12H,1-3H3,(H,19,20). The molecule has 8 heteroatoms. The summed E-state index contributed by atoms with van der Waals surface area (Å²) >= 11 is 0. The number of carboxylic acids is 1. The maximum Gasteiger partial charge on any atom is 0.327 e. The molecule has 2 aromatic carbocycles. The number of ether oxygens (including phenoxy) is 2. The maximum atomic E-state index is 13.1. The van der Waals surface area contributed by atoms with Crippen LogP contribution in [0.1, 0.15) is 6.92 Å². The van der Waals surface area contributed by atoms with Gasteiger partial charge in [-0.2, -0.15) is 0 Å². The van der Waals surface area contributed by atoms with Crippen molar-refractivity contribution in [1.29, 1.82) is 0 Å². The summed E-state index contributed by atoms with van der Waals surface area (Å²) in [6, 6.07) is 10.8. The topological polar surface area (TPSA) is 93.1 Å². The third kappa shape index (κ3) is 3.69.